The third-order valence-corrected chi connectivity index (χ3v) is 7.42. The predicted octanol–water partition coefficient (Wildman–Crippen LogP) is 4.37. The molecule has 9 heteroatoms. The van der Waals surface area contributed by atoms with Crippen molar-refractivity contribution in [2.75, 3.05) is 0 Å². The standard InChI is InChI=1S/C32H30N6O3/c1-3-7-29-27(31(41)37(32-33-19-34-38(29)32)24-13-11-22(12-14-24)20(2)39)17-21-10-15-25(23-8-5-4-6-9-23)26(16-21)28-18-30(40)36-35-28/h4-6,8-16,19-20,39H,3,7,17-18H2,1-2H3,(H,36,40). The first-order chi connectivity index (χ1) is 19.9. The molecule has 3 heterocycles. The number of hydrogen-bond acceptors (Lipinski definition) is 6. The fraction of sp³-hybridized carbons (Fsp3) is 0.219. The highest BCUT2D eigenvalue weighted by Crippen LogP contribution is 2.28. The second-order valence-corrected chi connectivity index (χ2v) is 10.2. The van der Waals surface area contributed by atoms with Gasteiger partial charge in [-0.1, -0.05) is 67.9 Å². The second-order valence-electron chi connectivity index (χ2n) is 10.2. The summed E-state index contributed by atoms with van der Waals surface area (Å²) in [4.78, 5) is 30.7. The summed E-state index contributed by atoms with van der Waals surface area (Å²) in [6.45, 7) is 3.78. The van der Waals surface area contributed by atoms with Crippen molar-refractivity contribution < 1.29 is 9.90 Å². The van der Waals surface area contributed by atoms with Crippen LogP contribution in [0.25, 0.3) is 22.6 Å². The van der Waals surface area contributed by atoms with E-state index in [2.05, 4.69) is 27.5 Å². The third kappa shape index (κ3) is 4.96. The van der Waals surface area contributed by atoms with Crippen LogP contribution in [0.2, 0.25) is 0 Å². The molecule has 0 radical (unpaired) electrons. The van der Waals surface area contributed by atoms with Crippen LogP contribution < -0.4 is 11.0 Å². The van der Waals surface area contributed by atoms with E-state index in [0.717, 1.165) is 39.9 Å². The molecule has 0 bridgehead atoms. The number of benzene rings is 3. The first-order valence-corrected chi connectivity index (χ1v) is 13.7. The number of fused-ring (bicyclic) bond motifs is 1. The van der Waals surface area contributed by atoms with Crippen molar-refractivity contribution in [2.24, 2.45) is 5.10 Å². The molecule has 3 aromatic carbocycles. The van der Waals surface area contributed by atoms with Gasteiger partial charge in [-0.05, 0) is 53.8 Å². The molecule has 1 aliphatic rings. The van der Waals surface area contributed by atoms with Gasteiger partial charge in [-0.15, -0.1) is 0 Å². The second kappa shape index (κ2) is 10.9. The summed E-state index contributed by atoms with van der Waals surface area (Å²) in [5.41, 5.74) is 9.71. The monoisotopic (exact) mass is 546 g/mol. The summed E-state index contributed by atoms with van der Waals surface area (Å²) in [5.74, 6) is 0.299. The molecule has 0 fully saturated rings. The number of nitrogens with zero attached hydrogens (tertiary/aromatic N) is 5. The van der Waals surface area contributed by atoms with Crippen molar-refractivity contribution in [3.63, 3.8) is 0 Å². The fourth-order valence-electron chi connectivity index (χ4n) is 5.39. The highest BCUT2D eigenvalue weighted by molar-refractivity contribution is 6.16. The molecule has 206 valence electrons. The van der Waals surface area contributed by atoms with Crippen molar-refractivity contribution >= 4 is 17.4 Å². The number of rotatable bonds is 8. The summed E-state index contributed by atoms with van der Waals surface area (Å²) >= 11 is 0. The van der Waals surface area contributed by atoms with Crippen molar-refractivity contribution in [3.05, 3.63) is 117 Å². The lowest BCUT2D eigenvalue weighted by Gasteiger charge is -2.17. The molecular formula is C32H30N6O3. The van der Waals surface area contributed by atoms with Crippen molar-refractivity contribution in [3.8, 4) is 16.8 Å². The highest BCUT2D eigenvalue weighted by Gasteiger charge is 2.23. The Hall–Kier alpha value is -4.89. The number of carbonyl (C=O) groups excluding carboxylic acids is 1. The molecule has 0 saturated heterocycles. The Kier molecular flexibility index (Phi) is 7.03. The summed E-state index contributed by atoms with van der Waals surface area (Å²) < 4.78 is 3.34. The zero-order valence-electron chi connectivity index (χ0n) is 22.9. The lowest BCUT2D eigenvalue weighted by atomic mass is 9.91. The van der Waals surface area contributed by atoms with Gasteiger partial charge >= 0.3 is 0 Å². The number of carbonyl (C=O) groups is 1. The molecule has 1 unspecified atom stereocenters. The van der Waals surface area contributed by atoms with Gasteiger partial charge in [0.25, 0.3) is 5.56 Å². The molecule has 2 aromatic heterocycles. The molecule has 6 rings (SSSR count). The van der Waals surface area contributed by atoms with Gasteiger partial charge in [0.2, 0.25) is 11.7 Å². The Labute approximate surface area is 236 Å². The Balaban J connectivity index is 1.50. The van der Waals surface area contributed by atoms with Gasteiger partial charge in [0.05, 0.1) is 29.6 Å². The number of hydrogen-bond donors (Lipinski definition) is 2. The van der Waals surface area contributed by atoms with Gasteiger partial charge in [-0.3, -0.25) is 9.59 Å². The first-order valence-electron chi connectivity index (χ1n) is 13.7. The van der Waals surface area contributed by atoms with Crippen LogP contribution in [0, 0.1) is 0 Å². The SMILES string of the molecule is CCCc1c(Cc2ccc(-c3ccccc3)c(C3=NNC(=O)C3)c2)c(=O)n(-c2ccc(C(C)O)cc2)c2ncnn12. The van der Waals surface area contributed by atoms with E-state index >= 15 is 0 Å². The van der Waals surface area contributed by atoms with Gasteiger partial charge in [0.15, 0.2) is 0 Å². The predicted molar refractivity (Wildman–Crippen MR) is 157 cm³/mol. The fourth-order valence-corrected chi connectivity index (χ4v) is 5.39. The number of aliphatic hydroxyl groups is 1. The summed E-state index contributed by atoms with van der Waals surface area (Å²) in [5, 5.41) is 18.8. The van der Waals surface area contributed by atoms with Crippen LogP contribution in [-0.4, -0.2) is 35.9 Å². The maximum atomic E-state index is 14.2. The molecule has 0 spiro atoms. The molecule has 5 aromatic rings. The number of aromatic nitrogens is 4. The normalized spacial score (nSPS) is 13.8. The van der Waals surface area contributed by atoms with Crippen LogP contribution in [0.3, 0.4) is 0 Å². The summed E-state index contributed by atoms with van der Waals surface area (Å²) in [6, 6.07) is 23.3. The lowest BCUT2D eigenvalue weighted by Crippen LogP contribution is -2.28. The third-order valence-electron chi connectivity index (χ3n) is 7.42. The van der Waals surface area contributed by atoms with Gasteiger partial charge in [-0.25, -0.2) is 14.5 Å². The average Bonchev–Trinajstić information content (AvgIpc) is 3.65. The van der Waals surface area contributed by atoms with Gasteiger partial charge in [0, 0.05) is 17.5 Å². The zero-order valence-corrected chi connectivity index (χ0v) is 22.9. The lowest BCUT2D eigenvalue weighted by molar-refractivity contribution is -0.119. The van der Waals surface area contributed by atoms with Crippen LogP contribution in [0.5, 0.6) is 0 Å². The maximum absolute atomic E-state index is 14.2. The first kappa shape index (κ1) is 26.3. The molecular weight excluding hydrogens is 516 g/mol. The van der Waals surface area contributed by atoms with E-state index in [1.807, 2.05) is 72.8 Å². The van der Waals surface area contributed by atoms with Crippen molar-refractivity contribution in [2.45, 2.75) is 45.6 Å². The number of aliphatic hydroxyl groups excluding tert-OH is 1. The minimum absolute atomic E-state index is 0.143. The molecule has 1 atom stereocenters. The van der Waals surface area contributed by atoms with E-state index in [9.17, 15) is 14.7 Å². The van der Waals surface area contributed by atoms with Gasteiger partial charge < -0.3 is 5.11 Å². The number of amides is 1. The number of aryl methyl sites for hydroxylation is 1. The van der Waals surface area contributed by atoms with Crippen LogP contribution in [0.15, 0.2) is 89.0 Å². The van der Waals surface area contributed by atoms with Crippen LogP contribution in [-0.2, 0) is 17.6 Å². The van der Waals surface area contributed by atoms with Crippen LogP contribution in [0.1, 0.15) is 60.7 Å². The topological polar surface area (TPSA) is 114 Å². The van der Waals surface area contributed by atoms with E-state index in [-0.39, 0.29) is 17.9 Å². The Morgan fingerprint density at radius 1 is 1.00 bits per heavy atom. The average molecular weight is 547 g/mol. The molecule has 9 nitrogen and oxygen atoms in total. The van der Waals surface area contributed by atoms with E-state index < -0.39 is 6.10 Å². The van der Waals surface area contributed by atoms with E-state index in [1.165, 1.54) is 6.33 Å². The van der Waals surface area contributed by atoms with Gasteiger partial charge in [-0.2, -0.15) is 15.2 Å². The minimum atomic E-state index is -0.612. The molecule has 2 N–H and O–H groups in total. The Bertz CT molecular complexity index is 1840. The Morgan fingerprint density at radius 3 is 2.46 bits per heavy atom. The van der Waals surface area contributed by atoms with E-state index in [0.29, 0.717) is 35.6 Å². The van der Waals surface area contributed by atoms with E-state index in [1.54, 1.807) is 16.0 Å². The largest absolute Gasteiger partial charge is 0.389 e. The smallest absolute Gasteiger partial charge is 0.263 e. The summed E-state index contributed by atoms with van der Waals surface area (Å²) in [6.07, 6.45) is 2.91. The number of hydrazone groups is 1. The maximum Gasteiger partial charge on any atom is 0.263 e. The van der Waals surface area contributed by atoms with Crippen LogP contribution >= 0.6 is 0 Å². The minimum Gasteiger partial charge on any atom is -0.389 e. The quantitative estimate of drug-likeness (QED) is 0.300. The molecule has 1 aliphatic heterocycles. The van der Waals surface area contributed by atoms with E-state index in [4.69, 9.17) is 0 Å². The van der Waals surface area contributed by atoms with Gasteiger partial charge in [0.1, 0.15) is 6.33 Å². The molecule has 41 heavy (non-hydrogen) atoms. The van der Waals surface area contributed by atoms with Crippen molar-refractivity contribution in [1.29, 1.82) is 0 Å². The molecule has 0 aliphatic carbocycles. The van der Waals surface area contributed by atoms with Crippen LogP contribution in [0.4, 0.5) is 0 Å². The molecule has 0 saturated carbocycles. The highest BCUT2D eigenvalue weighted by atomic mass is 16.3. The van der Waals surface area contributed by atoms with Crippen molar-refractivity contribution in [1.82, 2.24) is 24.6 Å². The zero-order chi connectivity index (χ0) is 28.5. The number of nitrogens with one attached hydrogen (secondary N) is 1. The Morgan fingerprint density at radius 2 is 1.78 bits per heavy atom. The molecule has 1 amide bonds. The summed E-state index contributed by atoms with van der Waals surface area (Å²) in [7, 11) is 0.